The minimum Gasteiger partial charge on any atom is -0.460 e. The molecule has 0 bridgehead atoms. The van der Waals surface area contributed by atoms with Gasteiger partial charge in [0.2, 0.25) is 0 Å². The molecule has 26 heavy (non-hydrogen) atoms. The van der Waals surface area contributed by atoms with Crippen LogP contribution in [0.1, 0.15) is 41.7 Å². The van der Waals surface area contributed by atoms with Gasteiger partial charge in [0, 0.05) is 12.6 Å². The standard InChI is InChI=1S/C19H24N4O2S/c1-4-23(5-2)17(14-8-9-26-12-14)11-20-19(24)16-10-15(21-22-16)18-7-6-13(3)25-18/h6-10,12,17H,4-5,11H2,1-3H3,(H,20,24)(H,21,22). The van der Waals surface area contributed by atoms with Gasteiger partial charge in [-0.15, -0.1) is 0 Å². The molecular weight excluding hydrogens is 348 g/mol. The van der Waals surface area contributed by atoms with Crippen molar-refractivity contribution in [3.05, 3.63) is 52.0 Å². The van der Waals surface area contributed by atoms with E-state index in [2.05, 4.69) is 51.1 Å². The lowest BCUT2D eigenvalue weighted by Crippen LogP contribution is -2.38. The van der Waals surface area contributed by atoms with Gasteiger partial charge in [-0.3, -0.25) is 14.8 Å². The van der Waals surface area contributed by atoms with E-state index in [-0.39, 0.29) is 11.9 Å². The summed E-state index contributed by atoms with van der Waals surface area (Å²) in [5, 5.41) is 14.2. The smallest absolute Gasteiger partial charge is 0.271 e. The second kappa shape index (κ2) is 8.33. The Morgan fingerprint density at radius 1 is 1.35 bits per heavy atom. The highest BCUT2D eigenvalue weighted by Crippen LogP contribution is 2.23. The number of rotatable bonds is 8. The van der Waals surface area contributed by atoms with Gasteiger partial charge in [0.25, 0.3) is 5.91 Å². The van der Waals surface area contributed by atoms with E-state index in [9.17, 15) is 4.79 Å². The summed E-state index contributed by atoms with van der Waals surface area (Å²) in [5.74, 6) is 1.30. The molecule has 0 aromatic carbocycles. The van der Waals surface area contributed by atoms with Gasteiger partial charge in [0.15, 0.2) is 11.5 Å². The van der Waals surface area contributed by atoms with E-state index in [0.717, 1.165) is 18.8 Å². The number of aromatic nitrogens is 2. The van der Waals surface area contributed by atoms with E-state index in [1.54, 1.807) is 17.4 Å². The zero-order chi connectivity index (χ0) is 18.5. The third kappa shape index (κ3) is 4.05. The van der Waals surface area contributed by atoms with Gasteiger partial charge >= 0.3 is 0 Å². The molecule has 0 spiro atoms. The van der Waals surface area contributed by atoms with E-state index >= 15 is 0 Å². The highest BCUT2D eigenvalue weighted by molar-refractivity contribution is 7.07. The van der Waals surface area contributed by atoms with Crippen LogP contribution >= 0.6 is 11.3 Å². The number of thiophene rings is 1. The minimum absolute atomic E-state index is 0.159. The molecule has 0 aliphatic rings. The van der Waals surface area contributed by atoms with Crippen molar-refractivity contribution >= 4 is 17.2 Å². The number of carbonyl (C=O) groups is 1. The molecular formula is C19H24N4O2S. The van der Waals surface area contributed by atoms with Crippen LogP contribution in [0.3, 0.4) is 0 Å². The predicted octanol–water partition coefficient (Wildman–Crippen LogP) is 3.85. The van der Waals surface area contributed by atoms with Crippen LogP contribution in [0.15, 0.2) is 39.4 Å². The summed E-state index contributed by atoms with van der Waals surface area (Å²) < 4.78 is 5.56. The lowest BCUT2D eigenvalue weighted by Gasteiger charge is -2.29. The monoisotopic (exact) mass is 372 g/mol. The Morgan fingerprint density at radius 3 is 2.77 bits per heavy atom. The average Bonchev–Trinajstić information content (AvgIpc) is 3.38. The third-order valence-corrected chi connectivity index (χ3v) is 5.15. The van der Waals surface area contributed by atoms with Crippen LogP contribution in [0.2, 0.25) is 0 Å². The molecule has 1 atom stereocenters. The van der Waals surface area contributed by atoms with Crippen LogP contribution in [0.4, 0.5) is 0 Å². The number of hydrogen-bond donors (Lipinski definition) is 2. The molecule has 7 heteroatoms. The quantitative estimate of drug-likeness (QED) is 0.630. The largest absolute Gasteiger partial charge is 0.460 e. The molecule has 0 aliphatic carbocycles. The Hall–Kier alpha value is -2.38. The number of nitrogens with zero attached hydrogens (tertiary/aromatic N) is 2. The minimum atomic E-state index is -0.192. The molecule has 3 rings (SSSR count). The van der Waals surface area contributed by atoms with E-state index < -0.39 is 0 Å². The molecule has 3 aromatic rings. The number of furan rings is 1. The summed E-state index contributed by atoms with van der Waals surface area (Å²) in [6.45, 7) is 8.55. The molecule has 0 saturated carbocycles. The van der Waals surface area contributed by atoms with Gasteiger partial charge in [-0.25, -0.2) is 0 Å². The first-order valence-corrected chi connectivity index (χ1v) is 9.73. The highest BCUT2D eigenvalue weighted by Gasteiger charge is 2.20. The van der Waals surface area contributed by atoms with Gasteiger partial charge < -0.3 is 9.73 Å². The summed E-state index contributed by atoms with van der Waals surface area (Å²) in [6, 6.07) is 7.73. The lowest BCUT2D eigenvalue weighted by atomic mass is 10.1. The summed E-state index contributed by atoms with van der Waals surface area (Å²) in [4.78, 5) is 14.9. The molecule has 2 N–H and O–H groups in total. The van der Waals surface area contributed by atoms with Crippen molar-refractivity contribution in [3.63, 3.8) is 0 Å². The molecule has 1 unspecified atom stereocenters. The molecule has 138 valence electrons. The van der Waals surface area contributed by atoms with Gasteiger partial charge in [-0.1, -0.05) is 13.8 Å². The maximum atomic E-state index is 12.5. The number of aryl methyl sites for hydroxylation is 1. The number of amides is 1. The van der Waals surface area contributed by atoms with Crippen LogP contribution in [0.25, 0.3) is 11.5 Å². The van der Waals surface area contributed by atoms with Crippen LogP contribution in [-0.2, 0) is 0 Å². The first kappa shape index (κ1) is 18.4. The zero-order valence-electron chi connectivity index (χ0n) is 15.3. The molecule has 1 amide bonds. The number of carbonyl (C=O) groups excluding carboxylic acids is 1. The van der Waals surface area contributed by atoms with Gasteiger partial charge in [0.05, 0.1) is 6.04 Å². The molecule has 0 saturated heterocycles. The van der Waals surface area contributed by atoms with Crippen LogP contribution < -0.4 is 5.32 Å². The predicted molar refractivity (Wildman–Crippen MR) is 103 cm³/mol. The zero-order valence-corrected chi connectivity index (χ0v) is 16.1. The summed E-state index contributed by atoms with van der Waals surface area (Å²) >= 11 is 1.67. The number of nitrogens with one attached hydrogen (secondary N) is 2. The Bertz CT molecular complexity index is 833. The van der Waals surface area contributed by atoms with Gasteiger partial charge in [-0.05, 0) is 54.5 Å². The Kier molecular flexibility index (Phi) is 5.90. The Labute approximate surface area is 157 Å². The van der Waals surface area contributed by atoms with Crippen molar-refractivity contribution in [2.75, 3.05) is 19.6 Å². The summed E-state index contributed by atoms with van der Waals surface area (Å²) in [5.41, 5.74) is 2.28. The van der Waals surface area contributed by atoms with Crippen molar-refractivity contribution in [2.45, 2.75) is 26.8 Å². The van der Waals surface area contributed by atoms with Crippen molar-refractivity contribution in [1.82, 2.24) is 20.4 Å². The van der Waals surface area contributed by atoms with Crippen molar-refractivity contribution in [1.29, 1.82) is 0 Å². The van der Waals surface area contributed by atoms with Crippen LogP contribution in [-0.4, -0.2) is 40.6 Å². The van der Waals surface area contributed by atoms with Crippen molar-refractivity contribution in [3.8, 4) is 11.5 Å². The molecule has 3 aromatic heterocycles. The highest BCUT2D eigenvalue weighted by atomic mass is 32.1. The van der Waals surface area contributed by atoms with Crippen molar-refractivity contribution < 1.29 is 9.21 Å². The molecule has 0 radical (unpaired) electrons. The van der Waals surface area contributed by atoms with E-state index in [0.29, 0.717) is 23.7 Å². The van der Waals surface area contributed by atoms with E-state index in [1.807, 2.05) is 19.1 Å². The summed E-state index contributed by atoms with van der Waals surface area (Å²) in [7, 11) is 0. The summed E-state index contributed by atoms with van der Waals surface area (Å²) in [6.07, 6.45) is 0. The normalized spacial score (nSPS) is 12.5. The first-order chi connectivity index (χ1) is 12.6. The Morgan fingerprint density at radius 2 is 2.15 bits per heavy atom. The molecule has 0 aliphatic heterocycles. The first-order valence-electron chi connectivity index (χ1n) is 8.79. The molecule has 6 nitrogen and oxygen atoms in total. The number of H-pyrrole nitrogens is 1. The van der Waals surface area contributed by atoms with Crippen LogP contribution in [0, 0.1) is 6.92 Å². The van der Waals surface area contributed by atoms with E-state index in [4.69, 9.17) is 4.42 Å². The number of likely N-dealkylation sites (N-methyl/N-ethyl adjacent to an activating group) is 1. The Balaban J connectivity index is 1.68. The fraction of sp³-hybridized carbons (Fsp3) is 0.368. The van der Waals surface area contributed by atoms with E-state index in [1.165, 1.54) is 5.56 Å². The SMILES string of the molecule is CCN(CC)C(CNC(=O)c1cc(-c2ccc(C)o2)[nH]n1)c1ccsc1. The molecule has 3 heterocycles. The topological polar surface area (TPSA) is 74.2 Å². The number of hydrogen-bond acceptors (Lipinski definition) is 5. The average molecular weight is 372 g/mol. The second-order valence-electron chi connectivity index (χ2n) is 6.08. The van der Waals surface area contributed by atoms with Crippen LogP contribution in [0.5, 0.6) is 0 Å². The van der Waals surface area contributed by atoms with Gasteiger partial charge in [0.1, 0.15) is 11.5 Å². The second-order valence-corrected chi connectivity index (χ2v) is 6.86. The fourth-order valence-corrected chi connectivity index (χ4v) is 3.72. The number of aromatic amines is 1. The molecule has 0 fully saturated rings. The lowest BCUT2D eigenvalue weighted by molar-refractivity contribution is 0.0930. The maximum Gasteiger partial charge on any atom is 0.271 e. The fourth-order valence-electron chi connectivity index (χ4n) is 3.01. The van der Waals surface area contributed by atoms with Crippen molar-refractivity contribution in [2.24, 2.45) is 0 Å². The maximum absolute atomic E-state index is 12.5. The van der Waals surface area contributed by atoms with Gasteiger partial charge in [-0.2, -0.15) is 16.4 Å². The third-order valence-electron chi connectivity index (χ3n) is 4.45.